The van der Waals surface area contributed by atoms with Gasteiger partial charge in [-0.3, -0.25) is 0 Å². The van der Waals surface area contributed by atoms with Gasteiger partial charge in [-0.1, -0.05) is 182 Å². The van der Waals surface area contributed by atoms with Crippen LogP contribution in [0.1, 0.15) is 0 Å². The maximum atomic E-state index is 6.45. The predicted octanol–water partition coefficient (Wildman–Crippen LogP) is 16.0. The molecule has 0 N–H and O–H groups in total. The summed E-state index contributed by atoms with van der Waals surface area (Å²) in [4.78, 5) is 2.39. The molecule has 0 radical (unpaired) electrons. The van der Waals surface area contributed by atoms with Crippen LogP contribution in [-0.2, 0) is 0 Å². The molecular formula is C56H37NO. The average Bonchev–Trinajstić information content (AvgIpc) is 3.69. The van der Waals surface area contributed by atoms with Gasteiger partial charge in [0.15, 0.2) is 0 Å². The summed E-state index contributed by atoms with van der Waals surface area (Å²) in [6.45, 7) is 0. The van der Waals surface area contributed by atoms with Gasteiger partial charge in [0.1, 0.15) is 11.2 Å². The van der Waals surface area contributed by atoms with Gasteiger partial charge in [-0.25, -0.2) is 0 Å². The molecule has 0 amide bonds. The van der Waals surface area contributed by atoms with E-state index < -0.39 is 0 Å². The van der Waals surface area contributed by atoms with E-state index in [-0.39, 0.29) is 0 Å². The highest BCUT2D eigenvalue weighted by Crippen LogP contribution is 2.44. The van der Waals surface area contributed by atoms with Crippen LogP contribution in [-0.4, -0.2) is 0 Å². The summed E-state index contributed by atoms with van der Waals surface area (Å²) < 4.78 is 6.45. The van der Waals surface area contributed by atoms with E-state index in [1.807, 2.05) is 12.1 Å². The first-order chi connectivity index (χ1) is 28.7. The maximum Gasteiger partial charge on any atom is 0.143 e. The Bertz CT molecular complexity index is 3280. The molecule has 10 aromatic carbocycles. The van der Waals surface area contributed by atoms with E-state index in [9.17, 15) is 0 Å². The molecule has 2 nitrogen and oxygen atoms in total. The van der Waals surface area contributed by atoms with Crippen LogP contribution in [0.4, 0.5) is 17.1 Å². The molecule has 0 spiro atoms. The molecule has 11 rings (SSSR count). The summed E-state index contributed by atoms with van der Waals surface area (Å²) in [6, 6.07) is 80.7. The van der Waals surface area contributed by atoms with Crippen LogP contribution >= 0.6 is 0 Å². The van der Waals surface area contributed by atoms with Crippen LogP contribution in [0.25, 0.3) is 88.0 Å². The van der Waals surface area contributed by atoms with Crippen molar-refractivity contribution >= 4 is 60.5 Å². The molecule has 0 aliphatic rings. The summed E-state index contributed by atoms with van der Waals surface area (Å²) in [7, 11) is 0. The number of rotatable bonds is 7. The Kier molecular flexibility index (Phi) is 8.19. The number of fused-ring (bicyclic) bond motifs is 5. The van der Waals surface area contributed by atoms with Crippen molar-refractivity contribution in [2.24, 2.45) is 0 Å². The van der Waals surface area contributed by atoms with Gasteiger partial charge in [0.25, 0.3) is 0 Å². The first kappa shape index (κ1) is 33.6. The highest BCUT2D eigenvalue weighted by atomic mass is 16.3. The molecule has 0 aliphatic heterocycles. The highest BCUT2D eigenvalue weighted by molar-refractivity contribution is 6.09. The van der Waals surface area contributed by atoms with E-state index in [4.69, 9.17) is 4.42 Å². The molecule has 11 aromatic rings. The molecule has 0 unspecified atom stereocenters. The van der Waals surface area contributed by atoms with Gasteiger partial charge in [-0.15, -0.1) is 0 Å². The molecule has 272 valence electrons. The minimum Gasteiger partial charge on any atom is -0.455 e. The Morgan fingerprint density at radius 2 is 0.879 bits per heavy atom. The molecule has 0 aliphatic carbocycles. The van der Waals surface area contributed by atoms with Crippen molar-refractivity contribution in [2.75, 3.05) is 4.90 Å². The van der Waals surface area contributed by atoms with Gasteiger partial charge >= 0.3 is 0 Å². The molecule has 0 bridgehead atoms. The smallest absolute Gasteiger partial charge is 0.143 e. The largest absolute Gasteiger partial charge is 0.455 e. The van der Waals surface area contributed by atoms with Crippen LogP contribution < -0.4 is 4.90 Å². The van der Waals surface area contributed by atoms with Crippen molar-refractivity contribution < 1.29 is 4.42 Å². The zero-order valence-electron chi connectivity index (χ0n) is 31.7. The highest BCUT2D eigenvalue weighted by Gasteiger charge is 2.19. The summed E-state index contributed by atoms with van der Waals surface area (Å²) in [5, 5.41) is 7.23. The van der Waals surface area contributed by atoms with Crippen molar-refractivity contribution in [3.05, 3.63) is 224 Å². The van der Waals surface area contributed by atoms with Gasteiger partial charge in [-0.05, 0) is 97.4 Å². The molecule has 0 saturated heterocycles. The summed E-state index contributed by atoms with van der Waals surface area (Å²) >= 11 is 0. The number of anilines is 3. The minimum atomic E-state index is 0.904. The fraction of sp³-hybridized carbons (Fsp3) is 0. The summed E-state index contributed by atoms with van der Waals surface area (Å²) in [6.07, 6.45) is 0. The third-order valence-corrected chi connectivity index (χ3v) is 11.5. The zero-order valence-corrected chi connectivity index (χ0v) is 31.7. The van der Waals surface area contributed by atoms with E-state index >= 15 is 0 Å². The molecule has 0 atom stereocenters. The summed E-state index contributed by atoms with van der Waals surface area (Å²) in [5.41, 5.74) is 14.4. The fourth-order valence-corrected chi connectivity index (χ4v) is 8.61. The van der Waals surface area contributed by atoms with E-state index in [2.05, 4.69) is 217 Å². The van der Waals surface area contributed by atoms with Crippen LogP contribution in [0.2, 0.25) is 0 Å². The molecule has 1 aromatic heterocycles. The molecule has 0 fully saturated rings. The normalized spacial score (nSPS) is 11.4. The Morgan fingerprint density at radius 3 is 1.76 bits per heavy atom. The second-order valence-corrected chi connectivity index (χ2v) is 14.9. The number of hydrogen-bond acceptors (Lipinski definition) is 2. The van der Waals surface area contributed by atoms with E-state index in [1.54, 1.807) is 0 Å². The summed E-state index contributed by atoms with van der Waals surface area (Å²) in [5.74, 6) is 0. The fourth-order valence-electron chi connectivity index (χ4n) is 8.61. The molecule has 1 heterocycles. The Hall–Kier alpha value is -7.68. The third kappa shape index (κ3) is 5.91. The lowest BCUT2D eigenvalue weighted by atomic mass is 9.96. The molecule has 58 heavy (non-hydrogen) atoms. The second-order valence-electron chi connectivity index (χ2n) is 14.9. The number of furan rings is 1. The first-order valence-electron chi connectivity index (χ1n) is 19.8. The van der Waals surface area contributed by atoms with Gasteiger partial charge in [0.05, 0.1) is 5.69 Å². The van der Waals surface area contributed by atoms with Crippen molar-refractivity contribution in [1.29, 1.82) is 0 Å². The Morgan fingerprint density at radius 1 is 0.293 bits per heavy atom. The Labute approximate surface area is 337 Å². The van der Waals surface area contributed by atoms with Gasteiger partial charge < -0.3 is 9.32 Å². The SMILES string of the molecule is c1cc(-c2ccc(-c3cccc4ccccc34)cc2)cc(N(c2ccc(-c3cccc4c3oc3ccccc34)cc2)c2ccccc2-c2ccc3ccccc3c2)c1. The Balaban J connectivity index is 1.03. The third-order valence-electron chi connectivity index (χ3n) is 11.5. The lowest BCUT2D eigenvalue weighted by Gasteiger charge is -2.28. The standard InChI is InChI=1S/C56H37NO/c1-2-14-43-36-45(31-28-38(43)12-1)50-19-5-7-24-54(50)57(46-34-32-42(33-35-46)51-22-11-23-53-52-20-6-8-25-55(52)58-56(51)53)47-17-9-16-44(37-47)39-26-29-41(30-27-39)49-21-10-15-40-13-3-4-18-48(40)49/h1-37H. The van der Waals surface area contributed by atoms with Crippen LogP contribution in [0.15, 0.2) is 229 Å². The second kappa shape index (κ2) is 14.1. The van der Waals surface area contributed by atoms with Crippen LogP contribution in [0.3, 0.4) is 0 Å². The van der Waals surface area contributed by atoms with Gasteiger partial charge in [0.2, 0.25) is 0 Å². The molecule has 2 heteroatoms. The lowest BCUT2D eigenvalue weighted by Crippen LogP contribution is -2.11. The monoisotopic (exact) mass is 739 g/mol. The van der Waals surface area contributed by atoms with Gasteiger partial charge in [-0.2, -0.15) is 0 Å². The molecular weight excluding hydrogens is 703 g/mol. The quantitative estimate of drug-likeness (QED) is 0.162. The molecule has 0 saturated carbocycles. The predicted molar refractivity (Wildman–Crippen MR) is 245 cm³/mol. The number of hydrogen-bond donors (Lipinski definition) is 0. The van der Waals surface area contributed by atoms with Crippen LogP contribution in [0.5, 0.6) is 0 Å². The van der Waals surface area contributed by atoms with Crippen molar-refractivity contribution in [3.8, 4) is 44.5 Å². The lowest BCUT2D eigenvalue weighted by molar-refractivity contribution is 0.670. The van der Waals surface area contributed by atoms with Crippen molar-refractivity contribution in [2.45, 2.75) is 0 Å². The first-order valence-corrected chi connectivity index (χ1v) is 19.8. The number of para-hydroxylation sites is 3. The van der Waals surface area contributed by atoms with E-state index in [0.717, 1.165) is 61.3 Å². The number of benzene rings is 10. The van der Waals surface area contributed by atoms with E-state index in [0.29, 0.717) is 0 Å². The zero-order chi connectivity index (χ0) is 38.4. The minimum absolute atomic E-state index is 0.904. The van der Waals surface area contributed by atoms with Crippen molar-refractivity contribution in [1.82, 2.24) is 0 Å². The number of nitrogens with zero attached hydrogens (tertiary/aromatic N) is 1. The van der Waals surface area contributed by atoms with Crippen molar-refractivity contribution in [3.63, 3.8) is 0 Å². The topological polar surface area (TPSA) is 16.4 Å². The van der Waals surface area contributed by atoms with E-state index in [1.165, 1.54) is 43.8 Å². The van der Waals surface area contributed by atoms with Crippen LogP contribution in [0, 0.1) is 0 Å². The maximum absolute atomic E-state index is 6.45. The average molecular weight is 740 g/mol. The van der Waals surface area contributed by atoms with Gasteiger partial charge in [0, 0.05) is 33.3 Å².